The molecule has 20 heavy (non-hydrogen) atoms. The first-order chi connectivity index (χ1) is 9.58. The highest BCUT2D eigenvalue weighted by Gasteiger charge is 2.21. The molecule has 3 heterocycles. The molecule has 0 spiro atoms. The lowest BCUT2D eigenvalue weighted by molar-refractivity contribution is 0.585. The highest BCUT2D eigenvalue weighted by atomic mass is 15.3. The second-order valence-electron chi connectivity index (χ2n) is 5.37. The Hall–Kier alpha value is -1.89. The van der Waals surface area contributed by atoms with Gasteiger partial charge in [0.05, 0.1) is 0 Å². The quantitative estimate of drug-likeness (QED) is 0.841. The smallest absolute Gasteiger partial charge is 0.207 e. The molecule has 0 aliphatic carbocycles. The summed E-state index contributed by atoms with van der Waals surface area (Å²) in [6.07, 6.45) is 0. The lowest BCUT2D eigenvalue weighted by atomic mass is 10.3. The summed E-state index contributed by atoms with van der Waals surface area (Å²) in [6, 6.07) is 0. The van der Waals surface area contributed by atoms with Crippen LogP contribution < -0.4 is 15.1 Å². The number of fused-ring (bicyclic) bond motifs is 1. The maximum absolute atomic E-state index is 4.73. The third-order valence-electron chi connectivity index (χ3n) is 3.61. The van der Waals surface area contributed by atoms with Gasteiger partial charge in [-0.05, 0) is 6.92 Å². The van der Waals surface area contributed by atoms with E-state index in [0.29, 0.717) is 0 Å². The van der Waals surface area contributed by atoms with Crippen LogP contribution in [0.2, 0.25) is 0 Å². The lowest BCUT2D eigenvalue weighted by Gasteiger charge is -2.28. The summed E-state index contributed by atoms with van der Waals surface area (Å²) in [4.78, 5) is 18.2. The van der Waals surface area contributed by atoms with Crippen molar-refractivity contribution in [3.63, 3.8) is 0 Å². The molecule has 0 bridgehead atoms. The predicted molar refractivity (Wildman–Crippen MR) is 80.5 cm³/mol. The second kappa shape index (κ2) is 4.90. The SMILES string of the molecule is Cc1nc(N2CCNCC2)c2nc(N(C)C)n(C)c2n1. The first-order valence-corrected chi connectivity index (χ1v) is 6.92. The van der Waals surface area contributed by atoms with Crippen LogP contribution in [0.15, 0.2) is 0 Å². The van der Waals surface area contributed by atoms with E-state index in [2.05, 4.69) is 20.2 Å². The molecule has 1 saturated heterocycles. The Bertz CT molecular complexity index is 625. The summed E-state index contributed by atoms with van der Waals surface area (Å²) in [5.41, 5.74) is 1.79. The molecule has 1 fully saturated rings. The third kappa shape index (κ3) is 2.07. The molecule has 7 heteroatoms. The van der Waals surface area contributed by atoms with Crippen LogP contribution in [0.4, 0.5) is 11.8 Å². The summed E-state index contributed by atoms with van der Waals surface area (Å²) >= 11 is 0. The van der Waals surface area contributed by atoms with Gasteiger partial charge in [0, 0.05) is 47.3 Å². The van der Waals surface area contributed by atoms with Crippen LogP contribution in [-0.4, -0.2) is 59.8 Å². The van der Waals surface area contributed by atoms with E-state index in [4.69, 9.17) is 4.98 Å². The van der Waals surface area contributed by atoms with Gasteiger partial charge in [0.15, 0.2) is 17.0 Å². The Kier molecular flexibility index (Phi) is 3.21. The van der Waals surface area contributed by atoms with Gasteiger partial charge < -0.3 is 15.1 Å². The zero-order valence-electron chi connectivity index (χ0n) is 12.5. The number of hydrogen-bond acceptors (Lipinski definition) is 6. The van der Waals surface area contributed by atoms with E-state index in [1.54, 1.807) is 0 Å². The molecule has 1 aliphatic rings. The lowest BCUT2D eigenvalue weighted by Crippen LogP contribution is -2.44. The van der Waals surface area contributed by atoms with Crippen molar-refractivity contribution in [3.8, 4) is 0 Å². The van der Waals surface area contributed by atoms with Gasteiger partial charge in [-0.25, -0.2) is 15.0 Å². The second-order valence-corrected chi connectivity index (χ2v) is 5.37. The number of imidazole rings is 1. The predicted octanol–water partition coefficient (Wildman–Crippen LogP) is 0.147. The minimum atomic E-state index is 0.791. The molecular weight excluding hydrogens is 254 g/mol. The number of nitrogens with one attached hydrogen (secondary N) is 1. The molecule has 0 radical (unpaired) electrons. The van der Waals surface area contributed by atoms with E-state index in [9.17, 15) is 0 Å². The normalized spacial score (nSPS) is 15.9. The first kappa shape index (κ1) is 13.1. The Morgan fingerprint density at radius 1 is 1.10 bits per heavy atom. The minimum absolute atomic E-state index is 0.791. The zero-order valence-corrected chi connectivity index (χ0v) is 12.5. The number of aryl methyl sites for hydroxylation is 2. The highest BCUT2D eigenvalue weighted by molar-refractivity contribution is 5.86. The summed E-state index contributed by atoms with van der Waals surface area (Å²) in [5.74, 6) is 2.65. The van der Waals surface area contributed by atoms with E-state index >= 15 is 0 Å². The molecule has 3 rings (SSSR count). The van der Waals surface area contributed by atoms with Crippen molar-refractivity contribution in [1.82, 2.24) is 24.8 Å². The number of rotatable bonds is 2. The highest BCUT2D eigenvalue weighted by Crippen LogP contribution is 2.26. The van der Waals surface area contributed by atoms with E-state index in [0.717, 1.165) is 54.9 Å². The molecule has 0 saturated carbocycles. The summed E-state index contributed by atoms with van der Waals surface area (Å²) in [7, 11) is 5.98. The Balaban J connectivity index is 2.17. The van der Waals surface area contributed by atoms with Crippen molar-refractivity contribution in [2.45, 2.75) is 6.92 Å². The van der Waals surface area contributed by atoms with Crippen LogP contribution in [0, 0.1) is 6.92 Å². The average Bonchev–Trinajstić information content (AvgIpc) is 2.77. The number of hydrogen-bond donors (Lipinski definition) is 1. The molecule has 1 N–H and O–H groups in total. The molecule has 2 aromatic rings. The van der Waals surface area contributed by atoms with Gasteiger partial charge in [-0.1, -0.05) is 0 Å². The molecule has 1 aliphatic heterocycles. The van der Waals surface area contributed by atoms with Crippen LogP contribution in [-0.2, 0) is 7.05 Å². The van der Waals surface area contributed by atoms with E-state index < -0.39 is 0 Å². The van der Waals surface area contributed by atoms with Crippen molar-refractivity contribution in [1.29, 1.82) is 0 Å². The van der Waals surface area contributed by atoms with Crippen molar-refractivity contribution >= 4 is 22.9 Å². The van der Waals surface area contributed by atoms with Crippen molar-refractivity contribution < 1.29 is 0 Å². The van der Waals surface area contributed by atoms with Gasteiger partial charge in [0.2, 0.25) is 5.95 Å². The molecule has 0 atom stereocenters. The number of anilines is 2. The summed E-state index contributed by atoms with van der Waals surface area (Å²) in [6.45, 7) is 5.82. The molecular formula is C13H21N7. The Labute approximate surface area is 118 Å². The van der Waals surface area contributed by atoms with Gasteiger partial charge in [-0.2, -0.15) is 0 Å². The molecule has 108 valence electrons. The molecule has 2 aromatic heterocycles. The largest absolute Gasteiger partial charge is 0.352 e. The van der Waals surface area contributed by atoms with Gasteiger partial charge in [0.25, 0.3) is 0 Å². The molecule has 7 nitrogen and oxygen atoms in total. The maximum atomic E-state index is 4.73. The van der Waals surface area contributed by atoms with Gasteiger partial charge in [0.1, 0.15) is 5.82 Å². The minimum Gasteiger partial charge on any atom is -0.352 e. The van der Waals surface area contributed by atoms with Gasteiger partial charge in [-0.3, -0.25) is 4.57 Å². The van der Waals surface area contributed by atoms with Gasteiger partial charge >= 0.3 is 0 Å². The summed E-state index contributed by atoms with van der Waals surface area (Å²) in [5, 5.41) is 3.36. The van der Waals surface area contributed by atoms with Crippen LogP contribution in [0.25, 0.3) is 11.2 Å². The fourth-order valence-corrected chi connectivity index (χ4v) is 2.64. The fourth-order valence-electron chi connectivity index (χ4n) is 2.64. The van der Waals surface area contributed by atoms with Crippen LogP contribution in [0.3, 0.4) is 0 Å². The van der Waals surface area contributed by atoms with Gasteiger partial charge in [-0.15, -0.1) is 0 Å². The van der Waals surface area contributed by atoms with E-state index in [1.165, 1.54) is 0 Å². The zero-order chi connectivity index (χ0) is 14.3. The van der Waals surface area contributed by atoms with Crippen molar-refractivity contribution in [2.24, 2.45) is 7.05 Å². The fraction of sp³-hybridized carbons (Fsp3) is 0.615. The number of aromatic nitrogens is 4. The number of piperazine rings is 1. The average molecular weight is 275 g/mol. The third-order valence-corrected chi connectivity index (χ3v) is 3.61. The van der Waals surface area contributed by atoms with Crippen molar-refractivity contribution in [3.05, 3.63) is 5.82 Å². The maximum Gasteiger partial charge on any atom is 0.207 e. The van der Waals surface area contributed by atoms with Crippen LogP contribution >= 0.6 is 0 Å². The Morgan fingerprint density at radius 2 is 1.80 bits per heavy atom. The van der Waals surface area contributed by atoms with Crippen LogP contribution in [0.5, 0.6) is 0 Å². The molecule has 0 amide bonds. The summed E-state index contributed by atoms with van der Waals surface area (Å²) < 4.78 is 2.02. The molecule has 0 unspecified atom stereocenters. The molecule has 0 aromatic carbocycles. The van der Waals surface area contributed by atoms with E-state index in [-0.39, 0.29) is 0 Å². The standard InChI is InChI=1S/C13H21N7/c1-9-15-11-10(17-13(18(2)3)19(11)4)12(16-9)20-7-5-14-6-8-20/h14H,5-8H2,1-4H3. The number of nitrogens with zero attached hydrogens (tertiary/aromatic N) is 6. The van der Waals surface area contributed by atoms with Crippen molar-refractivity contribution in [2.75, 3.05) is 50.1 Å². The first-order valence-electron chi connectivity index (χ1n) is 6.92. The Morgan fingerprint density at radius 3 is 2.45 bits per heavy atom. The monoisotopic (exact) mass is 275 g/mol. The van der Waals surface area contributed by atoms with E-state index in [1.807, 2.05) is 37.5 Å². The topological polar surface area (TPSA) is 62.1 Å². The van der Waals surface area contributed by atoms with Crippen LogP contribution in [0.1, 0.15) is 5.82 Å².